The Balaban J connectivity index is 1.88. The van der Waals surface area contributed by atoms with Gasteiger partial charge in [-0.1, -0.05) is 0 Å². The van der Waals surface area contributed by atoms with Gasteiger partial charge >= 0.3 is 5.97 Å². The Labute approximate surface area is 121 Å². The second kappa shape index (κ2) is 6.34. The lowest BCUT2D eigenvalue weighted by Crippen LogP contribution is -2.47. The van der Waals surface area contributed by atoms with Crippen molar-refractivity contribution in [1.82, 2.24) is 10.6 Å². The lowest BCUT2D eigenvalue weighted by molar-refractivity contribution is -0.115. The van der Waals surface area contributed by atoms with E-state index in [9.17, 15) is 9.59 Å². The van der Waals surface area contributed by atoms with E-state index in [0.29, 0.717) is 10.6 Å². The number of carbonyl (C=O) groups excluding carboxylic acids is 2. The molecule has 1 aliphatic rings. The summed E-state index contributed by atoms with van der Waals surface area (Å²) in [6.45, 7) is 4.12. The van der Waals surface area contributed by atoms with Gasteiger partial charge in [-0.3, -0.25) is 4.79 Å². The molecule has 1 atom stereocenters. The topological polar surface area (TPSA) is 79.5 Å². The predicted molar refractivity (Wildman–Crippen MR) is 78.2 cm³/mol. The normalized spacial score (nSPS) is 21.7. The Morgan fingerprint density at radius 2 is 2.35 bits per heavy atom. The van der Waals surface area contributed by atoms with E-state index in [1.807, 2.05) is 0 Å². The third kappa shape index (κ3) is 3.56. The standard InChI is InChI=1S/C13H19N3O3S/c1-13(4-5-14-8-13)15-7-10(17)16-9-3-6-20-11(9)12(18)19-2/h3,6,14-15H,4-5,7-8H2,1-2H3,(H,16,17). The molecule has 6 nitrogen and oxygen atoms in total. The fraction of sp³-hybridized carbons (Fsp3) is 0.538. The summed E-state index contributed by atoms with van der Waals surface area (Å²) in [7, 11) is 1.32. The van der Waals surface area contributed by atoms with E-state index in [1.165, 1.54) is 18.4 Å². The number of carbonyl (C=O) groups is 2. The van der Waals surface area contributed by atoms with Crippen LogP contribution in [0.5, 0.6) is 0 Å². The molecule has 1 aromatic heterocycles. The fourth-order valence-electron chi connectivity index (χ4n) is 2.11. The van der Waals surface area contributed by atoms with Gasteiger partial charge in [0.1, 0.15) is 4.88 Å². The monoisotopic (exact) mass is 297 g/mol. The van der Waals surface area contributed by atoms with Crippen LogP contribution in [0, 0.1) is 0 Å². The number of ether oxygens (including phenoxy) is 1. The highest BCUT2D eigenvalue weighted by Gasteiger charge is 2.28. The number of anilines is 1. The maximum absolute atomic E-state index is 11.9. The van der Waals surface area contributed by atoms with Crippen molar-refractivity contribution < 1.29 is 14.3 Å². The van der Waals surface area contributed by atoms with Gasteiger partial charge in [0.2, 0.25) is 5.91 Å². The minimum atomic E-state index is -0.435. The van der Waals surface area contributed by atoms with Gasteiger partial charge < -0.3 is 20.7 Å². The van der Waals surface area contributed by atoms with Gasteiger partial charge in [-0.25, -0.2) is 4.79 Å². The molecule has 0 radical (unpaired) electrons. The average Bonchev–Trinajstić information content (AvgIpc) is 3.05. The van der Waals surface area contributed by atoms with E-state index in [1.54, 1.807) is 11.4 Å². The smallest absolute Gasteiger partial charge is 0.350 e. The summed E-state index contributed by atoms with van der Waals surface area (Å²) in [6, 6.07) is 1.70. The van der Waals surface area contributed by atoms with Gasteiger partial charge in [0.05, 0.1) is 19.3 Å². The van der Waals surface area contributed by atoms with E-state index >= 15 is 0 Å². The summed E-state index contributed by atoms with van der Waals surface area (Å²) in [6.07, 6.45) is 0.992. The molecule has 0 saturated carbocycles. The molecule has 110 valence electrons. The number of hydrogen-bond acceptors (Lipinski definition) is 6. The number of esters is 1. The van der Waals surface area contributed by atoms with Crippen LogP contribution in [0.15, 0.2) is 11.4 Å². The zero-order valence-electron chi connectivity index (χ0n) is 11.6. The van der Waals surface area contributed by atoms with Crippen LogP contribution in [0.3, 0.4) is 0 Å². The lowest BCUT2D eigenvalue weighted by atomic mass is 10.0. The van der Waals surface area contributed by atoms with Crippen LogP contribution in [0.1, 0.15) is 23.0 Å². The SMILES string of the molecule is COC(=O)c1sccc1NC(=O)CNC1(C)CCNC1. The molecule has 1 fully saturated rings. The number of nitrogens with one attached hydrogen (secondary N) is 3. The van der Waals surface area contributed by atoms with Crippen LogP contribution in [0.2, 0.25) is 0 Å². The zero-order valence-corrected chi connectivity index (χ0v) is 12.4. The number of methoxy groups -OCH3 is 1. The Morgan fingerprint density at radius 1 is 1.55 bits per heavy atom. The highest BCUT2D eigenvalue weighted by Crippen LogP contribution is 2.23. The zero-order chi connectivity index (χ0) is 14.6. The summed E-state index contributed by atoms with van der Waals surface area (Å²) in [4.78, 5) is 23.9. The first kappa shape index (κ1) is 15.0. The van der Waals surface area contributed by atoms with Crippen molar-refractivity contribution in [3.8, 4) is 0 Å². The van der Waals surface area contributed by atoms with Gasteiger partial charge in [0, 0.05) is 12.1 Å². The lowest BCUT2D eigenvalue weighted by Gasteiger charge is -2.24. The molecular formula is C13H19N3O3S. The van der Waals surface area contributed by atoms with Crippen molar-refractivity contribution in [1.29, 1.82) is 0 Å². The Bertz CT molecular complexity index is 495. The molecule has 2 heterocycles. The predicted octanol–water partition coefficient (Wildman–Crippen LogP) is 0.815. The quantitative estimate of drug-likeness (QED) is 0.701. The van der Waals surface area contributed by atoms with Crippen molar-refractivity contribution in [2.75, 3.05) is 32.1 Å². The van der Waals surface area contributed by atoms with E-state index in [2.05, 4.69) is 27.6 Å². The molecule has 0 bridgehead atoms. The molecule has 1 aliphatic heterocycles. The van der Waals surface area contributed by atoms with Crippen molar-refractivity contribution in [2.45, 2.75) is 18.9 Å². The number of hydrogen-bond donors (Lipinski definition) is 3. The first-order chi connectivity index (χ1) is 9.54. The maximum atomic E-state index is 11.9. The minimum absolute atomic E-state index is 0.0445. The molecule has 7 heteroatoms. The molecule has 2 rings (SSSR count). The summed E-state index contributed by atoms with van der Waals surface area (Å²) in [5.74, 6) is -0.600. The maximum Gasteiger partial charge on any atom is 0.350 e. The van der Waals surface area contributed by atoms with Crippen molar-refractivity contribution >= 4 is 28.9 Å². The molecule has 0 spiro atoms. The van der Waals surface area contributed by atoms with Crippen LogP contribution < -0.4 is 16.0 Å². The molecule has 1 amide bonds. The minimum Gasteiger partial charge on any atom is -0.465 e. The second-order valence-electron chi connectivity index (χ2n) is 5.04. The molecule has 0 aromatic carbocycles. The van der Waals surface area contributed by atoms with Gasteiger partial charge in [0.15, 0.2) is 0 Å². The number of rotatable bonds is 5. The molecule has 1 saturated heterocycles. The van der Waals surface area contributed by atoms with E-state index in [0.717, 1.165) is 19.5 Å². The second-order valence-corrected chi connectivity index (χ2v) is 5.96. The largest absolute Gasteiger partial charge is 0.465 e. The molecule has 0 aliphatic carbocycles. The molecule has 1 unspecified atom stereocenters. The first-order valence-electron chi connectivity index (χ1n) is 6.45. The highest BCUT2D eigenvalue weighted by molar-refractivity contribution is 7.12. The Kier molecular flexibility index (Phi) is 4.74. The van der Waals surface area contributed by atoms with Gasteiger partial charge in [-0.05, 0) is 31.3 Å². The van der Waals surface area contributed by atoms with Crippen LogP contribution in [-0.2, 0) is 9.53 Å². The third-order valence-electron chi connectivity index (χ3n) is 3.35. The fourth-order valence-corrected chi connectivity index (χ4v) is 2.88. The summed E-state index contributed by atoms with van der Waals surface area (Å²) >= 11 is 1.25. The summed E-state index contributed by atoms with van der Waals surface area (Å²) in [5, 5.41) is 11.0. The van der Waals surface area contributed by atoms with Crippen LogP contribution >= 0.6 is 11.3 Å². The molecule has 20 heavy (non-hydrogen) atoms. The van der Waals surface area contributed by atoms with Crippen molar-refractivity contribution in [2.24, 2.45) is 0 Å². The van der Waals surface area contributed by atoms with Gasteiger partial charge in [-0.15, -0.1) is 11.3 Å². The Hall–Kier alpha value is -1.44. The average molecular weight is 297 g/mol. The molecule has 1 aromatic rings. The van der Waals surface area contributed by atoms with E-state index in [4.69, 9.17) is 0 Å². The van der Waals surface area contributed by atoms with Crippen LogP contribution in [-0.4, -0.2) is 44.2 Å². The molecule has 3 N–H and O–H groups in total. The van der Waals surface area contributed by atoms with Gasteiger partial charge in [-0.2, -0.15) is 0 Å². The molecular weight excluding hydrogens is 278 g/mol. The summed E-state index contributed by atoms with van der Waals surface area (Å²) < 4.78 is 4.67. The third-order valence-corrected chi connectivity index (χ3v) is 4.25. The highest BCUT2D eigenvalue weighted by atomic mass is 32.1. The van der Waals surface area contributed by atoms with Crippen LogP contribution in [0.4, 0.5) is 5.69 Å². The van der Waals surface area contributed by atoms with Gasteiger partial charge in [0.25, 0.3) is 0 Å². The first-order valence-corrected chi connectivity index (χ1v) is 7.33. The van der Waals surface area contributed by atoms with E-state index < -0.39 is 5.97 Å². The van der Waals surface area contributed by atoms with E-state index in [-0.39, 0.29) is 18.0 Å². The number of thiophene rings is 1. The summed E-state index contributed by atoms with van der Waals surface area (Å²) in [5.41, 5.74) is 0.459. The van der Waals surface area contributed by atoms with Crippen molar-refractivity contribution in [3.05, 3.63) is 16.3 Å². The number of amides is 1. The Morgan fingerprint density at radius 3 is 3.00 bits per heavy atom. The van der Waals surface area contributed by atoms with Crippen LogP contribution in [0.25, 0.3) is 0 Å². The van der Waals surface area contributed by atoms with Crippen molar-refractivity contribution in [3.63, 3.8) is 0 Å².